The molecule has 2 heterocycles. The molecule has 0 saturated carbocycles. The van der Waals surface area contributed by atoms with Gasteiger partial charge < -0.3 is 9.47 Å². The number of fused-ring (bicyclic) bond motifs is 1. The number of aromatic nitrogens is 3. The van der Waals surface area contributed by atoms with E-state index in [0.29, 0.717) is 27.5 Å². The summed E-state index contributed by atoms with van der Waals surface area (Å²) >= 11 is 6.36. The number of esters is 1. The highest BCUT2D eigenvalue weighted by Crippen LogP contribution is 2.32. The average Bonchev–Trinajstić information content (AvgIpc) is 2.97. The van der Waals surface area contributed by atoms with Crippen molar-refractivity contribution >= 4 is 23.1 Å². The number of rotatable bonds is 4. The summed E-state index contributed by atoms with van der Waals surface area (Å²) < 4.78 is 13.2. The first-order chi connectivity index (χ1) is 13.7. The van der Waals surface area contributed by atoms with Gasteiger partial charge in [-0.1, -0.05) is 25.4 Å². The second-order valence-corrected chi connectivity index (χ2v) is 7.41. The van der Waals surface area contributed by atoms with E-state index in [4.69, 9.17) is 21.1 Å². The Morgan fingerprint density at radius 1 is 1.24 bits per heavy atom. The van der Waals surface area contributed by atoms with E-state index in [-0.39, 0.29) is 12.2 Å². The van der Waals surface area contributed by atoms with Crippen LogP contribution in [-0.2, 0) is 16.1 Å². The maximum Gasteiger partial charge on any atom is 0.333 e. The number of carbonyl (C=O) groups is 1. The van der Waals surface area contributed by atoms with Crippen LogP contribution in [0, 0.1) is 0 Å². The zero-order valence-corrected chi connectivity index (χ0v) is 18.3. The van der Waals surface area contributed by atoms with Gasteiger partial charge in [-0.3, -0.25) is 18.7 Å². The summed E-state index contributed by atoms with van der Waals surface area (Å²) in [5.41, 5.74) is 0.751. The van der Waals surface area contributed by atoms with Crippen molar-refractivity contribution in [2.24, 2.45) is 0 Å². The molecule has 0 N–H and O–H groups in total. The van der Waals surface area contributed by atoms with E-state index >= 15 is 0 Å². The molecule has 0 spiro atoms. The van der Waals surface area contributed by atoms with Crippen LogP contribution in [-0.4, -0.2) is 32.6 Å². The lowest BCUT2D eigenvalue weighted by Crippen LogP contribution is -2.30. The van der Waals surface area contributed by atoms with Crippen LogP contribution in [0.3, 0.4) is 0 Å². The molecule has 0 aliphatic carbocycles. The summed E-state index contributed by atoms with van der Waals surface area (Å²) in [4.78, 5) is 29.1. The lowest BCUT2D eigenvalue weighted by molar-refractivity contribution is -0.155. The van der Waals surface area contributed by atoms with Crippen molar-refractivity contribution in [2.45, 2.75) is 46.8 Å². The first kappa shape index (κ1) is 22.5. The van der Waals surface area contributed by atoms with Gasteiger partial charge in [0.15, 0.2) is 0 Å². The van der Waals surface area contributed by atoms with Crippen LogP contribution >= 0.6 is 11.6 Å². The maximum atomic E-state index is 12.6. The molecule has 0 amide bonds. The van der Waals surface area contributed by atoms with Gasteiger partial charge in [0.1, 0.15) is 17.9 Å². The standard InChI is InChI=1S/C19H20ClN3O4.C2H6/c1-19(2,3)27-16(24)11-22-10-15-17(21-7-8-23(15)18(22)25)13-6-5-12(26-4)9-14(13)20;1-2/h5-10H,11H2,1-4H3;1-2H3. The monoisotopic (exact) mass is 419 g/mol. The highest BCUT2D eigenvalue weighted by molar-refractivity contribution is 6.33. The Kier molecular flexibility index (Phi) is 7.08. The summed E-state index contributed by atoms with van der Waals surface area (Å²) in [7, 11) is 1.56. The van der Waals surface area contributed by atoms with Gasteiger partial charge in [0.05, 0.1) is 23.3 Å². The van der Waals surface area contributed by atoms with Gasteiger partial charge in [-0.15, -0.1) is 0 Å². The molecule has 0 radical (unpaired) electrons. The van der Waals surface area contributed by atoms with Crippen molar-refractivity contribution in [2.75, 3.05) is 7.11 Å². The van der Waals surface area contributed by atoms with Crippen molar-refractivity contribution in [3.8, 4) is 17.0 Å². The first-order valence-corrected chi connectivity index (χ1v) is 9.69. The van der Waals surface area contributed by atoms with E-state index in [1.807, 2.05) is 13.8 Å². The number of halogens is 1. The molecule has 3 aromatic rings. The fourth-order valence-corrected chi connectivity index (χ4v) is 2.97. The van der Waals surface area contributed by atoms with Gasteiger partial charge in [-0.25, -0.2) is 4.79 Å². The van der Waals surface area contributed by atoms with Crippen LogP contribution in [0.5, 0.6) is 5.75 Å². The minimum atomic E-state index is -0.622. The summed E-state index contributed by atoms with van der Waals surface area (Å²) in [5.74, 6) is 0.132. The van der Waals surface area contributed by atoms with Crippen LogP contribution in [0.2, 0.25) is 5.02 Å². The zero-order valence-electron chi connectivity index (χ0n) is 17.5. The smallest absolute Gasteiger partial charge is 0.333 e. The highest BCUT2D eigenvalue weighted by atomic mass is 35.5. The van der Waals surface area contributed by atoms with Crippen LogP contribution < -0.4 is 10.4 Å². The van der Waals surface area contributed by atoms with Crippen molar-refractivity contribution in [1.29, 1.82) is 0 Å². The maximum absolute atomic E-state index is 12.6. The molecule has 0 fully saturated rings. The molecule has 0 unspecified atom stereocenters. The second-order valence-electron chi connectivity index (χ2n) is 7.00. The van der Waals surface area contributed by atoms with Crippen LogP contribution in [0.15, 0.2) is 41.6 Å². The molecular formula is C21H26ClN3O4. The molecule has 0 aliphatic rings. The second kappa shape index (κ2) is 9.13. The molecule has 0 atom stereocenters. The Morgan fingerprint density at radius 3 is 2.52 bits per heavy atom. The third kappa shape index (κ3) is 5.17. The number of carbonyl (C=O) groups excluding carboxylic acids is 1. The quantitative estimate of drug-likeness (QED) is 0.592. The predicted molar refractivity (Wildman–Crippen MR) is 114 cm³/mol. The number of ether oxygens (including phenoxy) is 2. The van der Waals surface area contributed by atoms with Crippen LogP contribution in [0.1, 0.15) is 34.6 Å². The van der Waals surface area contributed by atoms with Gasteiger partial charge in [-0.2, -0.15) is 0 Å². The molecule has 7 nitrogen and oxygen atoms in total. The van der Waals surface area contributed by atoms with Crippen molar-refractivity contribution in [3.63, 3.8) is 0 Å². The lowest BCUT2D eigenvalue weighted by atomic mass is 10.1. The van der Waals surface area contributed by atoms with Gasteiger partial charge in [0, 0.05) is 24.2 Å². The Morgan fingerprint density at radius 2 is 1.93 bits per heavy atom. The molecule has 0 bridgehead atoms. The summed E-state index contributed by atoms with van der Waals surface area (Å²) in [6.45, 7) is 9.14. The van der Waals surface area contributed by atoms with Crippen LogP contribution in [0.4, 0.5) is 0 Å². The summed E-state index contributed by atoms with van der Waals surface area (Å²) in [5, 5.41) is 0.447. The predicted octanol–water partition coefficient (Wildman–Crippen LogP) is 4.19. The number of benzene rings is 1. The van der Waals surface area contributed by atoms with Crippen molar-refractivity contribution < 1.29 is 14.3 Å². The summed E-state index contributed by atoms with van der Waals surface area (Å²) in [6.07, 6.45) is 4.64. The van der Waals surface area contributed by atoms with Gasteiger partial charge in [0.25, 0.3) is 0 Å². The van der Waals surface area contributed by atoms with Gasteiger partial charge >= 0.3 is 11.7 Å². The number of hydrogen-bond acceptors (Lipinski definition) is 5. The molecular weight excluding hydrogens is 394 g/mol. The SMILES string of the molecule is CC.COc1ccc(-c2nccn3c(=O)n(CC(=O)OC(C)(C)C)cc23)c(Cl)c1. The van der Waals surface area contributed by atoms with E-state index < -0.39 is 11.6 Å². The van der Waals surface area contributed by atoms with E-state index in [9.17, 15) is 9.59 Å². The Labute approximate surface area is 174 Å². The molecule has 156 valence electrons. The molecule has 0 aliphatic heterocycles. The minimum Gasteiger partial charge on any atom is -0.497 e. The Balaban J connectivity index is 0.00000145. The lowest BCUT2D eigenvalue weighted by Gasteiger charge is -2.19. The van der Waals surface area contributed by atoms with E-state index in [2.05, 4.69) is 4.98 Å². The fraction of sp³-hybridized carbons (Fsp3) is 0.381. The third-order valence-corrected chi connectivity index (χ3v) is 4.11. The largest absolute Gasteiger partial charge is 0.497 e. The van der Waals surface area contributed by atoms with E-state index in [1.165, 1.54) is 15.2 Å². The van der Waals surface area contributed by atoms with Crippen molar-refractivity contribution in [1.82, 2.24) is 14.0 Å². The van der Waals surface area contributed by atoms with E-state index in [1.54, 1.807) is 58.5 Å². The molecule has 0 saturated heterocycles. The zero-order chi connectivity index (χ0) is 21.8. The topological polar surface area (TPSA) is 74.8 Å². The minimum absolute atomic E-state index is 0.187. The van der Waals surface area contributed by atoms with E-state index in [0.717, 1.165) is 0 Å². The van der Waals surface area contributed by atoms with Crippen molar-refractivity contribution in [3.05, 3.63) is 52.3 Å². The first-order valence-electron chi connectivity index (χ1n) is 9.32. The third-order valence-electron chi connectivity index (χ3n) is 3.80. The molecule has 29 heavy (non-hydrogen) atoms. The number of nitrogens with zero attached hydrogens (tertiary/aromatic N) is 3. The summed E-state index contributed by atoms with van der Waals surface area (Å²) in [6, 6.07) is 5.22. The number of hydrogen-bond donors (Lipinski definition) is 0. The number of imidazole rings is 1. The average molecular weight is 420 g/mol. The fourth-order valence-electron chi connectivity index (χ4n) is 2.71. The van der Waals surface area contributed by atoms with Gasteiger partial charge in [0.2, 0.25) is 0 Å². The number of methoxy groups -OCH3 is 1. The Bertz CT molecular complexity index is 1060. The molecule has 1 aromatic carbocycles. The molecule has 8 heteroatoms. The molecule has 3 rings (SSSR count). The highest BCUT2D eigenvalue weighted by Gasteiger charge is 2.19. The molecule has 2 aromatic heterocycles. The Hall–Kier alpha value is -2.80. The normalized spacial score (nSPS) is 11.0. The van der Waals surface area contributed by atoms with Crippen LogP contribution in [0.25, 0.3) is 16.8 Å². The van der Waals surface area contributed by atoms with Gasteiger partial charge in [-0.05, 0) is 39.0 Å².